The molecule has 1 N–H and O–H groups in total. The maximum Gasteiger partial charge on any atom is 0.312 e. The Morgan fingerprint density at radius 3 is 2.32 bits per heavy atom. The van der Waals surface area contributed by atoms with Gasteiger partial charge in [-0.05, 0) is 48.6 Å². The summed E-state index contributed by atoms with van der Waals surface area (Å²) in [6.45, 7) is 4.18. The summed E-state index contributed by atoms with van der Waals surface area (Å²) in [5.41, 5.74) is 4.33. The fourth-order valence-electron chi connectivity index (χ4n) is 3.68. The number of hydrogen-bond acceptors (Lipinski definition) is 7. The summed E-state index contributed by atoms with van der Waals surface area (Å²) in [6, 6.07) is 24.9. The minimum Gasteiger partial charge on any atom is -0.484 e. The van der Waals surface area contributed by atoms with E-state index in [1.165, 1.54) is 5.56 Å². The van der Waals surface area contributed by atoms with Gasteiger partial charge in [0, 0.05) is 5.56 Å². The molecule has 0 aliphatic rings. The molecule has 0 saturated heterocycles. The highest BCUT2D eigenvalue weighted by molar-refractivity contribution is 6.00. The molecule has 0 aliphatic carbocycles. The summed E-state index contributed by atoms with van der Waals surface area (Å²) < 4.78 is 11.1. The van der Waals surface area contributed by atoms with Crippen molar-refractivity contribution in [2.24, 2.45) is 11.1 Å². The monoisotopic (exact) mass is 499 g/mol. The van der Waals surface area contributed by atoms with Gasteiger partial charge in [-0.2, -0.15) is 4.98 Å². The van der Waals surface area contributed by atoms with E-state index in [0.29, 0.717) is 23.2 Å². The van der Waals surface area contributed by atoms with Crippen LogP contribution in [-0.2, 0) is 35.7 Å². The standard InChI is InChI=1S/C29H29N3O5/c1-3-21-9-13-24(14-10-21)28-30-27(37-32-28)19-35-25-15-11-22(12-16-25)17-26(29(33)34)20(2)31-36-18-23-7-5-4-6-8-23/h4-16,26H,3,17-19H2,1-2H3,(H,33,34)/b31-20+. The molecule has 0 saturated carbocycles. The maximum absolute atomic E-state index is 11.9. The Morgan fingerprint density at radius 1 is 0.946 bits per heavy atom. The highest BCUT2D eigenvalue weighted by Crippen LogP contribution is 2.20. The normalized spacial score (nSPS) is 12.2. The third-order valence-corrected chi connectivity index (χ3v) is 5.90. The van der Waals surface area contributed by atoms with E-state index in [-0.39, 0.29) is 19.6 Å². The molecule has 8 nitrogen and oxygen atoms in total. The van der Waals surface area contributed by atoms with Crippen LogP contribution < -0.4 is 4.74 Å². The number of aromatic nitrogens is 2. The first kappa shape index (κ1) is 25.6. The molecule has 1 heterocycles. The summed E-state index contributed by atoms with van der Waals surface area (Å²) in [5, 5.41) is 17.8. The fourth-order valence-corrected chi connectivity index (χ4v) is 3.68. The summed E-state index contributed by atoms with van der Waals surface area (Å²) in [7, 11) is 0. The second kappa shape index (κ2) is 12.5. The van der Waals surface area contributed by atoms with Gasteiger partial charge in [0.15, 0.2) is 6.61 Å². The van der Waals surface area contributed by atoms with Gasteiger partial charge in [0.1, 0.15) is 18.3 Å². The first-order valence-corrected chi connectivity index (χ1v) is 12.1. The number of benzene rings is 3. The van der Waals surface area contributed by atoms with E-state index < -0.39 is 11.9 Å². The number of aliphatic carboxylic acids is 1. The van der Waals surface area contributed by atoms with Gasteiger partial charge in [0.25, 0.3) is 5.89 Å². The summed E-state index contributed by atoms with van der Waals surface area (Å²) in [5.74, 6) is -0.264. The lowest BCUT2D eigenvalue weighted by molar-refractivity contribution is -0.139. The van der Waals surface area contributed by atoms with Crippen LogP contribution in [0.3, 0.4) is 0 Å². The molecule has 4 rings (SSSR count). The number of aryl methyl sites for hydroxylation is 1. The summed E-state index contributed by atoms with van der Waals surface area (Å²) in [6.07, 6.45) is 1.25. The molecule has 8 heteroatoms. The highest BCUT2D eigenvalue weighted by atomic mass is 16.6. The van der Waals surface area contributed by atoms with Crippen molar-refractivity contribution in [2.45, 2.75) is 39.9 Å². The van der Waals surface area contributed by atoms with Crippen LogP contribution >= 0.6 is 0 Å². The van der Waals surface area contributed by atoms with Crippen molar-refractivity contribution in [3.8, 4) is 17.1 Å². The minimum absolute atomic E-state index is 0.127. The molecule has 0 amide bonds. The Bertz CT molecular complexity index is 1320. The van der Waals surface area contributed by atoms with Crippen molar-refractivity contribution in [3.63, 3.8) is 0 Å². The molecule has 0 radical (unpaired) electrons. The molecular weight excluding hydrogens is 470 g/mol. The van der Waals surface area contributed by atoms with Crippen LogP contribution in [0.1, 0.15) is 36.4 Å². The number of carboxylic acids is 1. The van der Waals surface area contributed by atoms with E-state index in [2.05, 4.69) is 22.2 Å². The van der Waals surface area contributed by atoms with Crippen LogP contribution in [0, 0.1) is 5.92 Å². The molecule has 1 aromatic heterocycles. The number of carbonyl (C=O) groups is 1. The van der Waals surface area contributed by atoms with Crippen molar-refractivity contribution in [1.29, 1.82) is 0 Å². The zero-order chi connectivity index (χ0) is 26.0. The molecule has 37 heavy (non-hydrogen) atoms. The third kappa shape index (κ3) is 7.27. The van der Waals surface area contributed by atoms with Crippen molar-refractivity contribution in [1.82, 2.24) is 10.1 Å². The highest BCUT2D eigenvalue weighted by Gasteiger charge is 2.22. The third-order valence-electron chi connectivity index (χ3n) is 5.90. The number of hydrogen-bond donors (Lipinski definition) is 1. The predicted octanol–water partition coefficient (Wildman–Crippen LogP) is 5.71. The topological polar surface area (TPSA) is 107 Å². The molecule has 1 unspecified atom stereocenters. The Hall–Kier alpha value is -4.46. The Kier molecular flexibility index (Phi) is 8.65. The van der Waals surface area contributed by atoms with E-state index >= 15 is 0 Å². The number of rotatable bonds is 12. The van der Waals surface area contributed by atoms with Gasteiger partial charge < -0.3 is 19.2 Å². The van der Waals surface area contributed by atoms with E-state index in [9.17, 15) is 9.90 Å². The van der Waals surface area contributed by atoms with Crippen LogP contribution in [-0.4, -0.2) is 26.9 Å². The Balaban J connectivity index is 1.30. The first-order valence-electron chi connectivity index (χ1n) is 12.1. The number of ether oxygens (including phenoxy) is 1. The molecule has 0 fully saturated rings. The van der Waals surface area contributed by atoms with E-state index in [1.54, 1.807) is 19.1 Å². The molecule has 3 aromatic carbocycles. The quantitative estimate of drug-likeness (QED) is 0.196. The summed E-state index contributed by atoms with van der Waals surface area (Å²) >= 11 is 0. The van der Waals surface area contributed by atoms with Gasteiger partial charge in [-0.25, -0.2) is 0 Å². The zero-order valence-corrected chi connectivity index (χ0v) is 20.8. The van der Waals surface area contributed by atoms with Gasteiger partial charge in [-0.1, -0.05) is 84.0 Å². The van der Waals surface area contributed by atoms with Crippen LogP contribution in [0.15, 0.2) is 88.5 Å². The van der Waals surface area contributed by atoms with Crippen LogP contribution in [0.25, 0.3) is 11.4 Å². The zero-order valence-electron chi connectivity index (χ0n) is 20.8. The molecule has 1 atom stereocenters. The SMILES string of the molecule is CCc1ccc(-c2noc(COc3ccc(CC(C(=O)O)/C(C)=N/OCc4ccccc4)cc3)n2)cc1. The second-order valence-corrected chi connectivity index (χ2v) is 8.58. The largest absolute Gasteiger partial charge is 0.484 e. The lowest BCUT2D eigenvalue weighted by Gasteiger charge is -2.13. The van der Waals surface area contributed by atoms with Gasteiger partial charge >= 0.3 is 5.97 Å². The van der Waals surface area contributed by atoms with Crippen LogP contribution in [0.5, 0.6) is 5.75 Å². The number of carboxylic acid groups (broad SMARTS) is 1. The van der Waals surface area contributed by atoms with E-state index in [4.69, 9.17) is 14.1 Å². The molecule has 190 valence electrons. The Morgan fingerprint density at radius 2 is 1.65 bits per heavy atom. The van der Waals surface area contributed by atoms with E-state index in [1.807, 2.05) is 66.7 Å². The van der Waals surface area contributed by atoms with Crippen LogP contribution in [0.4, 0.5) is 0 Å². The predicted molar refractivity (Wildman–Crippen MR) is 139 cm³/mol. The molecule has 0 aliphatic heterocycles. The average Bonchev–Trinajstić information content (AvgIpc) is 3.41. The summed E-state index contributed by atoms with van der Waals surface area (Å²) in [4.78, 5) is 21.6. The van der Waals surface area contributed by atoms with Crippen molar-refractivity contribution >= 4 is 11.7 Å². The minimum atomic E-state index is -0.957. The molecule has 0 spiro atoms. The lowest BCUT2D eigenvalue weighted by Crippen LogP contribution is -2.24. The van der Waals surface area contributed by atoms with Gasteiger partial charge in [-0.15, -0.1) is 0 Å². The maximum atomic E-state index is 11.9. The molecule has 4 aromatic rings. The van der Waals surface area contributed by atoms with Crippen molar-refractivity contribution in [2.75, 3.05) is 0 Å². The smallest absolute Gasteiger partial charge is 0.312 e. The fraction of sp³-hybridized carbons (Fsp3) is 0.241. The first-order chi connectivity index (χ1) is 18.0. The van der Waals surface area contributed by atoms with Gasteiger partial charge in [0.2, 0.25) is 5.82 Å². The van der Waals surface area contributed by atoms with Crippen LogP contribution in [0.2, 0.25) is 0 Å². The number of oxime groups is 1. The Labute approximate surface area is 215 Å². The number of nitrogens with zero attached hydrogens (tertiary/aromatic N) is 3. The van der Waals surface area contributed by atoms with Gasteiger partial charge in [-0.3, -0.25) is 4.79 Å². The molecule has 0 bridgehead atoms. The van der Waals surface area contributed by atoms with Crippen molar-refractivity contribution < 1.29 is 24.0 Å². The lowest BCUT2D eigenvalue weighted by atomic mass is 9.95. The van der Waals surface area contributed by atoms with Gasteiger partial charge in [0.05, 0.1) is 5.71 Å². The van der Waals surface area contributed by atoms with E-state index in [0.717, 1.165) is 23.1 Å². The molecular formula is C29H29N3O5. The average molecular weight is 500 g/mol. The van der Waals surface area contributed by atoms with Crippen molar-refractivity contribution in [3.05, 3.63) is 101 Å². The second-order valence-electron chi connectivity index (χ2n) is 8.58.